The van der Waals surface area contributed by atoms with Crippen LogP contribution in [-0.4, -0.2) is 76.3 Å². The summed E-state index contributed by atoms with van der Waals surface area (Å²) in [6, 6.07) is 4.62. The Kier molecular flexibility index (Phi) is 7.93. The first-order chi connectivity index (χ1) is 17.0. The third kappa shape index (κ3) is 5.01. The van der Waals surface area contributed by atoms with Gasteiger partial charge in [-0.3, -0.25) is 19.7 Å². The molecule has 0 spiro atoms. The third-order valence-electron chi connectivity index (χ3n) is 6.09. The summed E-state index contributed by atoms with van der Waals surface area (Å²) in [5.74, 6) is -2.77. The summed E-state index contributed by atoms with van der Waals surface area (Å²) in [5.41, 5.74) is 1.04. The molecule has 11 heteroatoms. The molecule has 1 saturated heterocycles. The maximum atomic E-state index is 13.2. The molecule has 36 heavy (non-hydrogen) atoms. The van der Waals surface area contributed by atoms with Crippen molar-refractivity contribution in [1.29, 1.82) is 0 Å². The molecule has 192 valence electrons. The van der Waals surface area contributed by atoms with Gasteiger partial charge < -0.3 is 24.6 Å². The Morgan fingerprint density at radius 2 is 1.97 bits per heavy atom. The summed E-state index contributed by atoms with van der Waals surface area (Å²) in [4.78, 5) is 55.7. The lowest BCUT2D eigenvalue weighted by atomic mass is 9.93. The molecule has 1 atom stereocenters. The lowest BCUT2D eigenvalue weighted by molar-refractivity contribution is -0.384. The van der Waals surface area contributed by atoms with Crippen LogP contribution in [0, 0.1) is 24.0 Å². The Morgan fingerprint density at radius 3 is 2.58 bits per heavy atom. The minimum absolute atomic E-state index is 0.128. The minimum atomic E-state index is -1.04. The second-order valence-electron chi connectivity index (χ2n) is 8.85. The van der Waals surface area contributed by atoms with Gasteiger partial charge in [0.05, 0.1) is 23.1 Å². The maximum absolute atomic E-state index is 13.2. The number of aromatic amines is 1. The topological polar surface area (TPSA) is 146 Å². The number of nitro benzene ring substituents is 1. The zero-order valence-corrected chi connectivity index (χ0v) is 21.0. The molecule has 1 aromatic heterocycles. The van der Waals surface area contributed by atoms with Gasteiger partial charge in [-0.2, -0.15) is 0 Å². The number of non-ortho nitro benzene ring substituents is 1. The van der Waals surface area contributed by atoms with Crippen LogP contribution < -0.4 is 0 Å². The molecule has 0 aliphatic carbocycles. The molecule has 0 bridgehead atoms. The normalized spacial score (nSPS) is 17.2. The fraction of sp³-hybridized carbons (Fsp3) is 0.400. The number of hydrogen-bond acceptors (Lipinski definition) is 8. The molecule has 1 aliphatic heterocycles. The van der Waals surface area contributed by atoms with E-state index in [4.69, 9.17) is 4.74 Å². The molecule has 0 unspecified atom stereocenters. The van der Waals surface area contributed by atoms with Crippen molar-refractivity contribution in [2.24, 2.45) is 0 Å². The number of hydrogen-bond donors (Lipinski definition) is 2. The highest BCUT2D eigenvalue weighted by Crippen LogP contribution is 2.41. The second kappa shape index (κ2) is 10.7. The van der Waals surface area contributed by atoms with Crippen molar-refractivity contribution in [2.75, 3.05) is 33.8 Å². The Hall–Kier alpha value is -3.99. The average molecular weight is 499 g/mol. The summed E-state index contributed by atoms with van der Waals surface area (Å²) < 4.78 is 5.06. The van der Waals surface area contributed by atoms with Gasteiger partial charge in [0.1, 0.15) is 11.5 Å². The molecule has 11 nitrogen and oxygen atoms in total. The van der Waals surface area contributed by atoms with Gasteiger partial charge in [0.2, 0.25) is 0 Å². The van der Waals surface area contributed by atoms with Gasteiger partial charge in [-0.25, -0.2) is 4.79 Å². The molecule has 0 saturated carbocycles. The number of nitrogens with one attached hydrogen (secondary N) is 1. The number of nitrogens with zero attached hydrogens (tertiary/aromatic N) is 3. The maximum Gasteiger partial charge on any atom is 0.355 e. The van der Waals surface area contributed by atoms with Gasteiger partial charge in [-0.1, -0.05) is 12.1 Å². The number of amides is 1. The fourth-order valence-electron chi connectivity index (χ4n) is 4.47. The van der Waals surface area contributed by atoms with Gasteiger partial charge in [0.25, 0.3) is 17.4 Å². The number of ketones is 1. The van der Waals surface area contributed by atoms with Crippen LogP contribution >= 0.6 is 0 Å². The molecule has 2 heterocycles. The van der Waals surface area contributed by atoms with Gasteiger partial charge in [-0.15, -0.1) is 0 Å². The molecular weight excluding hydrogens is 468 g/mol. The van der Waals surface area contributed by atoms with Crippen molar-refractivity contribution < 1.29 is 29.2 Å². The molecular formula is C25H30N4O7. The number of rotatable bonds is 9. The van der Waals surface area contributed by atoms with Gasteiger partial charge in [0, 0.05) is 29.9 Å². The first-order valence-electron chi connectivity index (χ1n) is 11.5. The van der Waals surface area contributed by atoms with Crippen LogP contribution in [0.4, 0.5) is 5.69 Å². The van der Waals surface area contributed by atoms with E-state index in [2.05, 4.69) is 4.98 Å². The predicted molar refractivity (Wildman–Crippen MR) is 132 cm³/mol. The Balaban J connectivity index is 2.20. The van der Waals surface area contributed by atoms with E-state index in [-0.39, 0.29) is 35.7 Å². The average Bonchev–Trinajstić information content (AvgIpc) is 3.26. The zero-order chi connectivity index (χ0) is 26.7. The number of benzene rings is 1. The minimum Gasteiger partial charge on any atom is -0.507 e. The van der Waals surface area contributed by atoms with E-state index in [0.717, 1.165) is 0 Å². The van der Waals surface area contributed by atoms with E-state index in [1.165, 1.54) is 23.1 Å². The summed E-state index contributed by atoms with van der Waals surface area (Å²) in [6.45, 7) is 5.89. The highest BCUT2D eigenvalue weighted by Gasteiger charge is 2.46. The van der Waals surface area contributed by atoms with E-state index < -0.39 is 34.4 Å². The van der Waals surface area contributed by atoms with Gasteiger partial charge in [-0.05, 0) is 59.0 Å². The number of aliphatic hydroxyl groups is 1. The number of nitro groups is 1. The van der Waals surface area contributed by atoms with Crippen LogP contribution in [-0.2, 0) is 14.3 Å². The predicted octanol–water partition coefficient (Wildman–Crippen LogP) is 3.09. The third-order valence-corrected chi connectivity index (χ3v) is 6.09. The fourth-order valence-corrected chi connectivity index (χ4v) is 4.47. The number of esters is 1. The van der Waals surface area contributed by atoms with E-state index in [1.54, 1.807) is 26.8 Å². The number of carbonyl (C=O) groups is 3. The highest BCUT2D eigenvalue weighted by atomic mass is 16.6. The van der Waals surface area contributed by atoms with E-state index in [1.807, 2.05) is 19.0 Å². The zero-order valence-electron chi connectivity index (χ0n) is 21.0. The summed E-state index contributed by atoms with van der Waals surface area (Å²) in [7, 11) is 3.76. The highest BCUT2D eigenvalue weighted by molar-refractivity contribution is 6.46. The van der Waals surface area contributed by atoms with E-state index in [9.17, 15) is 29.6 Å². The van der Waals surface area contributed by atoms with Crippen molar-refractivity contribution in [3.63, 3.8) is 0 Å². The molecule has 2 aromatic rings. The standard InChI is InChI=1S/C25H30N4O7/c1-6-36-25(33)20-14(2)18(15(3)26-20)22(30)19-21(16-9-7-10-17(13-16)29(34)35)28(24(32)23(19)31)12-8-11-27(4)5/h7,9-10,13,21,26,30H,6,8,11-12H2,1-5H3/t21-/m0/s1. The molecule has 1 aliphatic rings. The van der Waals surface area contributed by atoms with Crippen LogP contribution in [0.25, 0.3) is 5.76 Å². The number of Topliss-reactive ketones (excluding diaryl/α,β-unsaturated/α-hetero) is 1. The van der Waals surface area contributed by atoms with Gasteiger partial charge >= 0.3 is 5.97 Å². The number of aryl methyl sites for hydroxylation is 1. The molecule has 1 amide bonds. The molecule has 0 radical (unpaired) electrons. The van der Waals surface area contributed by atoms with Crippen LogP contribution in [0.1, 0.15) is 52.3 Å². The van der Waals surface area contributed by atoms with Crippen molar-refractivity contribution in [1.82, 2.24) is 14.8 Å². The van der Waals surface area contributed by atoms with Gasteiger partial charge in [0.15, 0.2) is 0 Å². The Labute approximate surface area is 208 Å². The molecule has 1 aromatic carbocycles. The largest absolute Gasteiger partial charge is 0.507 e. The van der Waals surface area contributed by atoms with Crippen molar-refractivity contribution in [3.8, 4) is 0 Å². The summed E-state index contributed by atoms with van der Waals surface area (Å²) in [5, 5.41) is 22.8. The van der Waals surface area contributed by atoms with Crippen LogP contribution in [0.3, 0.4) is 0 Å². The molecule has 3 rings (SSSR count). The van der Waals surface area contributed by atoms with Crippen molar-refractivity contribution in [2.45, 2.75) is 33.2 Å². The summed E-state index contributed by atoms with van der Waals surface area (Å²) in [6.07, 6.45) is 0.542. The molecule has 1 fully saturated rings. The number of carbonyl (C=O) groups excluding carboxylic acids is 3. The quantitative estimate of drug-likeness (QED) is 0.134. The number of aliphatic hydroxyl groups excluding tert-OH is 1. The van der Waals surface area contributed by atoms with Crippen LogP contribution in [0.2, 0.25) is 0 Å². The first-order valence-corrected chi connectivity index (χ1v) is 11.5. The first kappa shape index (κ1) is 26.6. The van der Waals surface area contributed by atoms with Crippen LogP contribution in [0.5, 0.6) is 0 Å². The van der Waals surface area contributed by atoms with E-state index >= 15 is 0 Å². The smallest absolute Gasteiger partial charge is 0.355 e. The number of H-pyrrole nitrogens is 1. The Bertz CT molecular complexity index is 1250. The van der Waals surface area contributed by atoms with Crippen molar-refractivity contribution in [3.05, 3.63) is 68.0 Å². The second-order valence-corrected chi connectivity index (χ2v) is 8.85. The lowest BCUT2D eigenvalue weighted by Gasteiger charge is -2.26. The lowest BCUT2D eigenvalue weighted by Crippen LogP contribution is -2.32. The van der Waals surface area contributed by atoms with Crippen molar-refractivity contribution >= 4 is 29.1 Å². The number of likely N-dealkylation sites (tertiary alicyclic amines) is 1. The number of ether oxygens (including phenoxy) is 1. The summed E-state index contributed by atoms with van der Waals surface area (Å²) >= 11 is 0. The van der Waals surface area contributed by atoms with E-state index in [0.29, 0.717) is 29.8 Å². The molecule has 2 N–H and O–H groups in total. The van der Waals surface area contributed by atoms with Crippen LogP contribution in [0.15, 0.2) is 29.8 Å². The Morgan fingerprint density at radius 1 is 1.28 bits per heavy atom. The SMILES string of the molecule is CCOC(=O)c1[nH]c(C)c(C(O)=C2C(=O)C(=O)N(CCCN(C)C)[C@H]2c2cccc([N+](=O)[O-])c2)c1C. The monoisotopic (exact) mass is 498 g/mol. The number of aromatic nitrogens is 1.